The first-order chi connectivity index (χ1) is 13.1. The lowest BCUT2D eigenvalue weighted by molar-refractivity contribution is 0.0444. The lowest BCUT2D eigenvalue weighted by Gasteiger charge is -2.10. The number of Topliss-reactive ketones (excluding diaryl/α,β-unsaturated/α-hetero) is 1. The summed E-state index contributed by atoms with van der Waals surface area (Å²) < 4.78 is 25.6. The Morgan fingerprint density at radius 1 is 1.21 bits per heavy atom. The van der Waals surface area contributed by atoms with Gasteiger partial charge in [-0.3, -0.25) is 18.7 Å². The summed E-state index contributed by atoms with van der Waals surface area (Å²) in [6.07, 6.45) is 0. The lowest BCUT2D eigenvalue weighted by atomic mass is 10.1. The molecule has 2 N–H and O–H groups in total. The van der Waals surface area contributed by atoms with Crippen LogP contribution in [-0.4, -0.2) is 27.5 Å². The number of hydrogen-bond acceptors (Lipinski definition) is 7. The number of ether oxygens (including phenoxy) is 1. The zero-order chi connectivity index (χ0) is 20.7. The van der Waals surface area contributed by atoms with Crippen molar-refractivity contribution in [1.29, 1.82) is 0 Å². The maximum absolute atomic E-state index is 13.8. The van der Waals surface area contributed by atoms with E-state index in [1.54, 1.807) is 13.0 Å². The Morgan fingerprint density at radius 3 is 2.54 bits per heavy atom. The minimum absolute atomic E-state index is 0.102. The predicted octanol–water partition coefficient (Wildman–Crippen LogP) is 0.900. The van der Waals surface area contributed by atoms with Crippen LogP contribution in [0.5, 0.6) is 0 Å². The molecule has 3 aromatic rings. The van der Waals surface area contributed by atoms with Gasteiger partial charge in [-0.15, -0.1) is 0 Å². The first-order valence-electron chi connectivity index (χ1n) is 8.08. The molecular formula is C18H16FN3O6. The fraction of sp³-hybridized carbons (Fsp3) is 0.222. The van der Waals surface area contributed by atoms with E-state index >= 15 is 0 Å². The summed E-state index contributed by atoms with van der Waals surface area (Å²) in [4.78, 5) is 48.6. The summed E-state index contributed by atoms with van der Waals surface area (Å²) in [5, 5.41) is 0.398. The monoisotopic (exact) mass is 389 g/mol. The first kappa shape index (κ1) is 19.1. The van der Waals surface area contributed by atoms with Crippen LogP contribution in [0.3, 0.4) is 0 Å². The van der Waals surface area contributed by atoms with E-state index in [0.717, 1.165) is 9.13 Å². The molecule has 0 fully saturated rings. The number of ketones is 1. The molecule has 1 aromatic carbocycles. The number of furan rings is 1. The van der Waals surface area contributed by atoms with Crippen molar-refractivity contribution in [2.75, 3.05) is 12.3 Å². The number of anilines is 1. The quantitative estimate of drug-likeness (QED) is 0.519. The molecule has 0 radical (unpaired) electrons. The molecule has 0 saturated heterocycles. The number of nitrogens with two attached hydrogens (primary N) is 1. The Bertz CT molecular complexity index is 1250. The molecule has 9 nitrogen and oxygen atoms in total. The second kappa shape index (κ2) is 6.80. The molecule has 146 valence electrons. The van der Waals surface area contributed by atoms with Crippen molar-refractivity contribution in [3.8, 4) is 0 Å². The van der Waals surface area contributed by atoms with Gasteiger partial charge < -0.3 is 14.9 Å². The number of carbonyl (C=O) groups excluding carboxylic acids is 2. The number of fused-ring (bicyclic) bond motifs is 1. The van der Waals surface area contributed by atoms with Crippen molar-refractivity contribution >= 4 is 28.5 Å². The highest BCUT2D eigenvalue weighted by Crippen LogP contribution is 2.27. The number of aryl methyl sites for hydroxylation is 1. The van der Waals surface area contributed by atoms with Gasteiger partial charge in [0.05, 0.1) is 0 Å². The topological polar surface area (TPSA) is 127 Å². The van der Waals surface area contributed by atoms with Crippen LogP contribution in [0, 0.1) is 12.7 Å². The molecule has 3 rings (SSSR count). The highest BCUT2D eigenvalue weighted by Gasteiger charge is 2.24. The van der Waals surface area contributed by atoms with Crippen LogP contribution in [0.1, 0.15) is 26.5 Å². The molecule has 2 heterocycles. The third-order valence-electron chi connectivity index (χ3n) is 4.42. The van der Waals surface area contributed by atoms with E-state index in [4.69, 9.17) is 14.9 Å². The van der Waals surface area contributed by atoms with E-state index in [1.807, 2.05) is 0 Å². The standard InChI is InChI=1S/C18H16FN3O6/c1-8-9-5-4-6-10(19)14(9)28-13(8)17(25)27-7-11(23)12-15(20)21(2)18(26)22(3)16(12)24/h4-6H,7,20H2,1-3H3. The van der Waals surface area contributed by atoms with Crippen molar-refractivity contribution in [2.45, 2.75) is 6.92 Å². The van der Waals surface area contributed by atoms with Crippen LogP contribution >= 0.6 is 0 Å². The summed E-state index contributed by atoms with van der Waals surface area (Å²) >= 11 is 0. The van der Waals surface area contributed by atoms with E-state index in [-0.39, 0.29) is 17.2 Å². The molecule has 2 aromatic heterocycles. The Morgan fingerprint density at radius 2 is 1.89 bits per heavy atom. The zero-order valence-corrected chi connectivity index (χ0v) is 15.2. The van der Waals surface area contributed by atoms with Gasteiger partial charge in [-0.1, -0.05) is 12.1 Å². The average molecular weight is 389 g/mol. The molecule has 28 heavy (non-hydrogen) atoms. The maximum Gasteiger partial charge on any atom is 0.375 e. The Balaban J connectivity index is 1.88. The Labute approximate surface area is 156 Å². The third-order valence-corrected chi connectivity index (χ3v) is 4.42. The number of benzene rings is 1. The normalized spacial score (nSPS) is 11.0. The summed E-state index contributed by atoms with van der Waals surface area (Å²) in [6, 6.07) is 4.23. The van der Waals surface area contributed by atoms with Crippen molar-refractivity contribution < 1.29 is 23.1 Å². The number of para-hydroxylation sites is 1. The van der Waals surface area contributed by atoms with Gasteiger partial charge in [-0.2, -0.15) is 0 Å². The van der Waals surface area contributed by atoms with Gasteiger partial charge >= 0.3 is 11.7 Å². The molecule has 0 aliphatic rings. The minimum Gasteiger partial charge on any atom is -0.451 e. The van der Waals surface area contributed by atoms with Crippen LogP contribution < -0.4 is 17.0 Å². The summed E-state index contributed by atoms with van der Waals surface area (Å²) in [5.74, 6) is -3.12. The minimum atomic E-state index is -0.998. The van der Waals surface area contributed by atoms with Gasteiger partial charge in [0.15, 0.2) is 18.0 Å². The second-order valence-electron chi connectivity index (χ2n) is 6.14. The first-order valence-corrected chi connectivity index (χ1v) is 8.08. The Kier molecular flexibility index (Phi) is 4.63. The number of carbonyl (C=O) groups is 2. The van der Waals surface area contributed by atoms with Gasteiger partial charge in [-0.25, -0.2) is 14.0 Å². The van der Waals surface area contributed by atoms with Crippen LogP contribution in [0.4, 0.5) is 10.2 Å². The zero-order valence-electron chi connectivity index (χ0n) is 15.2. The van der Waals surface area contributed by atoms with Crippen molar-refractivity contribution in [3.05, 3.63) is 61.7 Å². The van der Waals surface area contributed by atoms with Gasteiger partial charge in [0.2, 0.25) is 11.5 Å². The summed E-state index contributed by atoms with van der Waals surface area (Å²) in [7, 11) is 2.49. The third kappa shape index (κ3) is 2.88. The van der Waals surface area contributed by atoms with Gasteiger partial charge in [-0.05, 0) is 13.0 Å². The van der Waals surface area contributed by atoms with Gasteiger partial charge in [0.25, 0.3) is 5.56 Å². The summed E-state index contributed by atoms with van der Waals surface area (Å²) in [6.45, 7) is 0.736. The van der Waals surface area contributed by atoms with Gasteiger partial charge in [0, 0.05) is 25.0 Å². The molecule has 0 unspecified atom stereocenters. The molecule has 0 aliphatic carbocycles. The second-order valence-corrected chi connectivity index (χ2v) is 6.14. The highest BCUT2D eigenvalue weighted by atomic mass is 19.1. The van der Waals surface area contributed by atoms with Crippen molar-refractivity contribution in [1.82, 2.24) is 9.13 Å². The molecule has 0 atom stereocenters. The molecule has 10 heteroatoms. The maximum atomic E-state index is 13.8. The van der Waals surface area contributed by atoms with E-state index in [9.17, 15) is 23.6 Å². The highest BCUT2D eigenvalue weighted by molar-refractivity contribution is 6.02. The molecule has 0 spiro atoms. The predicted molar refractivity (Wildman–Crippen MR) is 96.9 cm³/mol. The molecular weight excluding hydrogens is 373 g/mol. The SMILES string of the molecule is Cc1c(C(=O)OCC(=O)c2c(N)n(C)c(=O)n(C)c2=O)oc2c(F)cccc12. The van der Waals surface area contributed by atoms with Crippen LogP contribution in [0.25, 0.3) is 11.0 Å². The van der Waals surface area contributed by atoms with E-state index in [0.29, 0.717) is 10.9 Å². The number of rotatable bonds is 4. The molecule has 0 aliphatic heterocycles. The van der Waals surface area contributed by atoms with E-state index in [1.165, 1.54) is 26.2 Å². The largest absolute Gasteiger partial charge is 0.451 e. The molecule has 0 amide bonds. The average Bonchev–Trinajstić information content (AvgIpc) is 3.01. The summed E-state index contributed by atoms with van der Waals surface area (Å²) in [5.41, 5.74) is 3.88. The Hall–Kier alpha value is -3.69. The van der Waals surface area contributed by atoms with Crippen LogP contribution in [0.15, 0.2) is 32.2 Å². The smallest absolute Gasteiger partial charge is 0.375 e. The number of hydrogen-bond donors (Lipinski definition) is 1. The molecule has 0 bridgehead atoms. The van der Waals surface area contributed by atoms with E-state index in [2.05, 4.69) is 0 Å². The number of nitrogens with zero attached hydrogens (tertiary/aromatic N) is 2. The van der Waals surface area contributed by atoms with Crippen molar-refractivity contribution in [2.24, 2.45) is 14.1 Å². The van der Waals surface area contributed by atoms with Crippen LogP contribution in [-0.2, 0) is 18.8 Å². The fourth-order valence-corrected chi connectivity index (χ4v) is 2.79. The van der Waals surface area contributed by atoms with Crippen LogP contribution in [0.2, 0.25) is 0 Å². The number of aromatic nitrogens is 2. The molecule has 0 saturated carbocycles. The fourth-order valence-electron chi connectivity index (χ4n) is 2.79. The number of esters is 1. The van der Waals surface area contributed by atoms with E-state index < -0.39 is 41.0 Å². The number of nitrogen functional groups attached to an aromatic ring is 1. The number of halogens is 1. The van der Waals surface area contributed by atoms with Crippen molar-refractivity contribution in [3.63, 3.8) is 0 Å². The lowest BCUT2D eigenvalue weighted by Crippen LogP contribution is -2.42. The van der Waals surface area contributed by atoms with Gasteiger partial charge in [0.1, 0.15) is 11.4 Å².